The van der Waals surface area contributed by atoms with Crippen LogP contribution in [0.5, 0.6) is 5.75 Å². The number of amides is 2. The lowest BCUT2D eigenvalue weighted by Gasteiger charge is -2.17. The molecule has 0 atom stereocenters. The first-order chi connectivity index (χ1) is 14.0. The topological polar surface area (TPSA) is 93.7 Å². The lowest BCUT2D eigenvalue weighted by Crippen LogP contribution is -2.29. The normalized spacial score (nSPS) is 11.0. The zero-order valence-electron chi connectivity index (χ0n) is 18.2. The molecule has 162 valence electrons. The van der Waals surface area contributed by atoms with E-state index in [0.717, 1.165) is 21.8 Å². The largest absolute Gasteiger partial charge is 0.497 e. The van der Waals surface area contributed by atoms with Crippen molar-refractivity contribution < 1.29 is 23.9 Å². The van der Waals surface area contributed by atoms with Gasteiger partial charge in [-0.25, -0.2) is 4.79 Å². The van der Waals surface area contributed by atoms with E-state index in [0.29, 0.717) is 11.5 Å². The molecule has 1 heterocycles. The molecule has 2 N–H and O–H groups in total. The highest BCUT2D eigenvalue weighted by atomic mass is 32.1. The summed E-state index contributed by atoms with van der Waals surface area (Å²) in [6.07, 6.45) is 0. The minimum Gasteiger partial charge on any atom is -0.497 e. The summed E-state index contributed by atoms with van der Waals surface area (Å²) in [4.78, 5) is 37.9. The van der Waals surface area contributed by atoms with Crippen molar-refractivity contribution in [1.82, 2.24) is 5.32 Å². The summed E-state index contributed by atoms with van der Waals surface area (Å²) in [5, 5.41) is 5.95. The maximum atomic E-state index is 12.6. The molecule has 0 spiro atoms. The Morgan fingerprint density at radius 2 is 1.70 bits per heavy atom. The first kappa shape index (κ1) is 23.4. The third-order valence-electron chi connectivity index (χ3n) is 4.48. The molecule has 0 bridgehead atoms. The van der Waals surface area contributed by atoms with Gasteiger partial charge in [-0.3, -0.25) is 9.59 Å². The van der Waals surface area contributed by atoms with E-state index < -0.39 is 23.9 Å². The molecule has 30 heavy (non-hydrogen) atoms. The quantitative estimate of drug-likeness (QED) is 0.649. The number of thiophene rings is 1. The van der Waals surface area contributed by atoms with Gasteiger partial charge in [-0.1, -0.05) is 32.9 Å². The van der Waals surface area contributed by atoms with Gasteiger partial charge in [0, 0.05) is 16.8 Å². The summed E-state index contributed by atoms with van der Waals surface area (Å²) in [6.45, 7) is 8.94. The number of aryl methyl sites for hydroxylation is 1. The Morgan fingerprint density at radius 1 is 1.07 bits per heavy atom. The number of hydrogen-bond acceptors (Lipinski definition) is 6. The fourth-order valence-corrected chi connectivity index (χ4v) is 3.49. The van der Waals surface area contributed by atoms with Crippen LogP contribution in [0.2, 0.25) is 0 Å². The molecule has 0 aliphatic rings. The van der Waals surface area contributed by atoms with E-state index in [1.165, 1.54) is 11.3 Å². The average molecular weight is 433 g/mol. The molecule has 0 fully saturated rings. The summed E-state index contributed by atoms with van der Waals surface area (Å²) in [6, 6.07) is 7.28. The number of carbonyl (C=O) groups is 3. The van der Waals surface area contributed by atoms with Crippen molar-refractivity contribution in [2.24, 2.45) is 5.41 Å². The number of nitrogens with one attached hydrogen (secondary N) is 2. The van der Waals surface area contributed by atoms with Crippen LogP contribution in [0.25, 0.3) is 0 Å². The van der Waals surface area contributed by atoms with Crippen molar-refractivity contribution in [3.63, 3.8) is 0 Å². The predicted molar refractivity (Wildman–Crippen MR) is 117 cm³/mol. The molecule has 0 saturated heterocycles. The number of anilines is 1. The van der Waals surface area contributed by atoms with Gasteiger partial charge in [0.05, 0.1) is 12.7 Å². The monoisotopic (exact) mass is 432 g/mol. The molecule has 0 saturated carbocycles. The minimum absolute atomic E-state index is 0.199. The van der Waals surface area contributed by atoms with Crippen LogP contribution >= 0.6 is 11.3 Å². The smallest absolute Gasteiger partial charge is 0.341 e. The molecule has 1 aromatic heterocycles. The number of ether oxygens (including phenoxy) is 2. The van der Waals surface area contributed by atoms with Crippen LogP contribution in [-0.2, 0) is 20.9 Å². The van der Waals surface area contributed by atoms with Gasteiger partial charge >= 0.3 is 5.97 Å². The highest BCUT2D eigenvalue weighted by molar-refractivity contribution is 7.16. The number of benzene rings is 1. The van der Waals surface area contributed by atoms with Crippen molar-refractivity contribution >= 4 is 34.1 Å². The third kappa shape index (κ3) is 6.06. The van der Waals surface area contributed by atoms with E-state index in [1.807, 2.05) is 19.1 Å². The number of hydrogen-bond donors (Lipinski definition) is 2. The Morgan fingerprint density at radius 3 is 2.27 bits per heavy atom. The van der Waals surface area contributed by atoms with Gasteiger partial charge in [-0.15, -0.1) is 11.3 Å². The van der Waals surface area contributed by atoms with Crippen LogP contribution in [0.3, 0.4) is 0 Å². The summed E-state index contributed by atoms with van der Waals surface area (Å²) < 4.78 is 10.3. The Balaban J connectivity index is 1.96. The standard InChI is InChI=1S/C22H28N2O5S/c1-13-14(2)30-19(24-21(27)22(3,4)5)18(13)20(26)29-12-17(25)23-11-15-7-9-16(28-6)10-8-15/h7-10H,11-12H2,1-6H3,(H,23,25)(H,24,27). The molecule has 2 amide bonds. The molecule has 0 unspecified atom stereocenters. The van der Waals surface area contributed by atoms with E-state index in [2.05, 4.69) is 10.6 Å². The fraction of sp³-hybridized carbons (Fsp3) is 0.409. The molecule has 7 nitrogen and oxygen atoms in total. The molecular formula is C22H28N2O5S. The predicted octanol–water partition coefficient (Wildman–Crippen LogP) is 3.83. The first-order valence-electron chi connectivity index (χ1n) is 9.51. The van der Waals surface area contributed by atoms with Gasteiger partial charge in [0.1, 0.15) is 10.8 Å². The second kappa shape index (κ2) is 9.75. The highest BCUT2D eigenvalue weighted by Crippen LogP contribution is 2.34. The van der Waals surface area contributed by atoms with E-state index in [9.17, 15) is 14.4 Å². The minimum atomic E-state index is -0.638. The summed E-state index contributed by atoms with van der Waals surface area (Å²) >= 11 is 1.31. The van der Waals surface area contributed by atoms with Crippen molar-refractivity contribution in [2.45, 2.75) is 41.2 Å². The second-order valence-electron chi connectivity index (χ2n) is 7.89. The summed E-state index contributed by atoms with van der Waals surface area (Å²) in [5.41, 5.74) is 1.31. The molecule has 1 aromatic carbocycles. The lowest BCUT2D eigenvalue weighted by atomic mass is 9.96. The zero-order chi connectivity index (χ0) is 22.5. The van der Waals surface area contributed by atoms with Gasteiger partial charge in [0.15, 0.2) is 6.61 Å². The van der Waals surface area contributed by atoms with Gasteiger partial charge in [-0.2, -0.15) is 0 Å². The molecule has 2 aromatic rings. The Kier molecular flexibility index (Phi) is 7.61. The van der Waals surface area contributed by atoms with Gasteiger partial charge in [0.2, 0.25) is 5.91 Å². The number of esters is 1. The molecule has 2 rings (SSSR count). The Bertz CT molecular complexity index is 926. The van der Waals surface area contributed by atoms with E-state index in [4.69, 9.17) is 9.47 Å². The van der Waals surface area contributed by atoms with Crippen molar-refractivity contribution in [1.29, 1.82) is 0 Å². The number of rotatable bonds is 7. The Hall–Kier alpha value is -2.87. The fourth-order valence-electron chi connectivity index (χ4n) is 2.45. The van der Waals surface area contributed by atoms with Crippen LogP contribution in [0.4, 0.5) is 5.00 Å². The summed E-state index contributed by atoms with van der Waals surface area (Å²) in [7, 11) is 1.59. The van der Waals surface area contributed by atoms with Crippen LogP contribution in [-0.4, -0.2) is 31.5 Å². The van der Waals surface area contributed by atoms with Gasteiger partial charge in [0.25, 0.3) is 5.91 Å². The molecular weight excluding hydrogens is 404 g/mol. The third-order valence-corrected chi connectivity index (χ3v) is 5.60. The van der Waals surface area contributed by atoms with Crippen molar-refractivity contribution in [2.75, 3.05) is 19.0 Å². The van der Waals surface area contributed by atoms with E-state index >= 15 is 0 Å². The zero-order valence-corrected chi connectivity index (χ0v) is 19.0. The average Bonchev–Trinajstić information content (AvgIpc) is 2.97. The maximum absolute atomic E-state index is 12.6. The van der Waals surface area contributed by atoms with Crippen LogP contribution in [0, 0.1) is 19.3 Å². The highest BCUT2D eigenvalue weighted by Gasteiger charge is 2.27. The molecule has 8 heteroatoms. The number of carbonyl (C=O) groups excluding carboxylic acids is 3. The van der Waals surface area contributed by atoms with Crippen LogP contribution in [0.15, 0.2) is 24.3 Å². The van der Waals surface area contributed by atoms with Crippen molar-refractivity contribution in [3.05, 3.63) is 45.8 Å². The van der Waals surface area contributed by atoms with E-state index in [-0.39, 0.29) is 11.5 Å². The molecule has 0 radical (unpaired) electrons. The second-order valence-corrected chi connectivity index (χ2v) is 9.12. The number of methoxy groups -OCH3 is 1. The SMILES string of the molecule is COc1ccc(CNC(=O)COC(=O)c2c(NC(=O)C(C)(C)C)sc(C)c2C)cc1. The lowest BCUT2D eigenvalue weighted by molar-refractivity contribution is -0.124. The van der Waals surface area contributed by atoms with Gasteiger partial charge in [-0.05, 0) is 37.1 Å². The summed E-state index contributed by atoms with van der Waals surface area (Å²) in [5.74, 6) is -0.519. The van der Waals surface area contributed by atoms with Gasteiger partial charge < -0.3 is 20.1 Å². The van der Waals surface area contributed by atoms with Crippen LogP contribution in [0.1, 0.15) is 47.1 Å². The first-order valence-corrected chi connectivity index (χ1v) is 10.3. The molecule has 0 aliphatic heterocycles. The van der Waals surface area contributed by atoms with Crippen molar-refractivity contribution in [3.8, 4) is 5.75 Å². The van der Waals surface area contributed by atoms with E-state index in [1.54, 1.807) is 46.9 Å². The van der Waals surface area contributed by atoms with Crippen LogP contribution < -0.4 is 15.4 Å². The molecule has 0 aliphatic carbocycles. The maximum Gasteiger partial charge on any atom is 0.341 e. The Labute approximate surface area is 180 Å².